The first-order valence-corrected chi connectivity index (χ1v) is 14.8. The molecule has 5 rings (SSSR count). The van der Waals surface area contributed by atoms with Gasteiger partial charge in [0.2, 0.25) is 0 Å². The summed E-state index contributed by atoms with van der Waals surface area (Å²) in [5, 5.41) is 0. The van der Waals surface area contributed by atoms with Gasteiger partial charge in [-0.05, 0) is 60.1 Å². The summed E-state index contributed by atoms with van der Waals surface area (Å²) in [6.07, 6.45) is 0. The minimum atomic E-state index is 0. The van der Waals surface area contributed by atoms with Crippen LogP contribution in [-0.2, 0) is 16.8 Å². The monoisotopic (exact) mass is 608 g/mol. The van der Waals surface area contributed by atoms with E-state index in [2.05, 4.69) is 145 Å². The maximum absolute atomic E-state index is 5.34. The van der Waals surface area contributed by atoms with Crippen LogP contribution in [0.5, 0.6) is 0 Å². The second kappa shape index (κ2) is 14.4. The van der Waals surface area contributed by atoms with Gasteiger partial charge in [0, 0.05) is 27.9 Å². The second-order valence-corrected chi connectivity index (χ2v) is 11.4. The average Bonchev–Trinajstić information content (AvgIpc) is 3.00. The summed E-state index contributed by atoms with van der Waals surface area (Å²) in [7, 11) is 0. The van der Waals surface area contributed by atoms with Gasteiger partial charge >= 0.3 is 0 Å². The number of benzene rings is 4. The third-order valence-corrected chi connectivity index (χ3v) is 7.56. The molecule has 0 aliphatic heterocycles. The zero-order valence-corrected chi connectivity index (χ0v) is 26.8. The van der Waals surface area contributed by atoms with Crippen molar-refractivity contribution < 1.29 is 16.8 Å². The molecule has 43 heavy (non-hydrogen) atoms. The van der Waals surface area contributed by atoms with Gasteiger partial charge < -0.3 is 0 Å². The summed E-state index contributed by atoms with van der Waals surface area (Å²) in [5.74, 6) is 0.696. The van der Waals surface area contributed by atoms with Gasteiger partial charge in [0.15, 0.2) is 0 Å². The van der Waals surface area contributed by atoms with E-state index in [1.54, 1.807) is 0 Å². The van der Waals surface area contributed by atoms with Crippen LogP contribution >= 0.6 is 0 Å². The largest absolute Gasteiger partial charge is 0.246 e. The van der Waals surface area contributed by atoms with Gasteiger partial charge in [0.25, 0.3) is 0 Å². The van der Waals surface area contributed by atoms with E-state index in [1.807, 2.05) is 12.1 Å². The van der Waals surface area contributed by atoms with Crippen molar-refractivity contribution in [3.8, 4) is 0 Å². The molecule has 0 spiro atoms. The van der Waals surface area contributed by atoms with E-state index >= 15 is 0 Å². The molecule has 0 saturated heterocycles. The standard InChI is InChI=1S/C39H39N3.Co/c1-26(2)32-22-13-16-28(5)36(32)41-38(30-18-9-7-10-19-30)34-24-15-25-35(40-34)39(31-20-11-8-12-21-31)42-37-29(6)17-14-23-33(37)27(3)4;/h7-27H,1-6H3;. The Morgan fingerprint density at radius 2 is 0.860 bits per heavy atom. The molecule has 0 unspecified atom stereocenters. The smallest absolute Gasteiger partial charge is 0.0966 e. The maximum atomic E-state index is 5.34. The molecule has 0 aliphatic carbocycles. The Kier molecular flexibility index (Phi) is 10.6. The van der Waals surface area contributed by atoms with Crippen LogP contribution in [0, 0.1) is 13.8 Å². The number of nitrogens with zero attached hydrogens (tertiary/aromatic N) is 3. The van der Waals surface area contributed by atoms with Crippen molar-refractivity contribution in [2.45, 2.75) is 53.4 Å². The molecule has 1 radical (unpaired) electrons. The third kappa shape index (κ3) is 7.27. The first-order chi connectivity index (χ1) is 20.3. The quantitative estimate of drug-likeness (QED) is 0.162. The van der Waals surface area contributed by atoms with Crippen LogP contribution in [0.2, 0.25) is 0 Å². The van der Waals surface area contributed by atoms with E-state index < -0.39 is 0 Å². The summed E-state index contributed by atoms with van der Waals surface area (Å²) < 4.78 is 0. The molecule has 1 heterocycles. The van der Waals surface area contributed by atoms with Crippen LogP contribution in [0.15, 0.2) is 125 Å². The zero-order chi connectivity index (χ0) is 29.6. The van der Waals surface area contributed by atoms with Crippen molar-refractivity contribution in [1.82, 2.24) is 4.98 Å². The summed E-state index contributed by atoms with van der Waals surface area (Å²) >= 11 is 0. The molecule has 0 N–H and O–H groups in total. The van der Waals surface area contributed by atoms with Crippen molar-refractivity contribution in [1.29, 1.82) is 0 Å². The molecular weight excluding hydrogens is 569 g/mol. The maximum Gasteiger partial charge on any atom is 0.0966 e. The summed E-state index contributed by atoms with van der Waals surface area (Å²) in [6.45, 7) is 13.1. The number of rotatable bonds is 8. The fourth-order valence-corrected chi connectivity index (χ4v) is 5.25. The molecule has 5 aromatic rings. The molecule has 1 aromatic heterocycles. The Morgan fingerprint density at radius 3 is 1.23 bits per heavy atom. The summed E-state index contributed by atoms with van der Waals surface area (Å²) in [6, 6.07) is 39.7. The molecule has 0 fully saturated rings. The SMILES string of the molecule is Cc1cccc(C(C)C)c1N=C(c1ccccc1)c1cccc(C(=Nc2c(C)cccc2C(C)C)c2ccccc2)n1.[Co]. The molecule has 219 valence electrons. The molecule has 0 atom stereocenters. The summed E-state index contributed by atoms with van der Waals surface area (Å²) in [4.78, 5) is 16.0. The van der Waals surface area contributed by atoms with Gasteiger partial charge in [-0.15, -0.1) is 0 Å². The van der Waals surface area contributed by atoms with Gasteiger partial charge in [-0.3, -0.25) is 0 Å². The normalized spacial score (nSPS) is 12.0. The Bertz CT molecular complexity index is 1610. The van der Waals surface area contributed by atoms with E-state index in [0.717, 1.165) is 56.4 Å². The molecule has 4 heteroatoms. The predicted octanol–water partition coefficient (Wildman–Crippen LogP) is 10.3. The van der Waals surface area contributed by atoms with Crippen LogP contribution in [-0.4, -0.2) is 16.4 Å². The topological polar surface area (TPSA) is 37.6 Å². The van der Waals surface area contributed by atoms with Crippen LogP contribution in [0.1, 0.15) is 84.3 Å². The predicted molar refractivity (Wildman–Crippen MR) is 178 cm³/mol. The first-order valence-electron chi connectivity index (χ1n) is 14.8. The fraction of sp³-hybridized carbons (Fsp3) is 0.205. The number of hydrogen-bond acceptors (Lipinski definition) is 3. The van der Waals surface area contributed by atoms with E-state index in [0.29, 0.717) is 11.8 Å². The van der Waals surface area contributed by atoms with E-state index in [-0.39, 0.29) is 16.8 Å². The number of pyridine rings is 1. The zero-order valence-electron chi connectivity index (χ0n) is 25.8. The number of para-hydroxylation sites is 2. The van der Waals surface area contributed by atoms with Gasteiger partial charge in [0.1, 0.15) is 0 Å². The molecule has 4 aromatic carbocycles. The molecule has 0 bridgehead atoms. The minimum Gasteiger partial charge on any atom is -0.246 e. The Morgan fingerprint density at radius 1 is 0.488 bits per heavy atom. The van der Waals surface area contributed by atoms with Crippen LogP contribution < -0.4 is 0 Å². The minimum absolute atomic E-state index is 0. The molecule has 0 saturated carbocycles. The van der Waals surface area contributed by atoms with E-state index in [9.17, 15) is 0 Å². The number of aromatic nitrogens is 1. The van der Waals surface area contributed by atoms with Crippen molar-refractivity contribution in [2.24, 2.45) is 9.98 Å². The number of aryl methyl sites for hydroxylation is 2. The number of hydrogen-bond donors (Lipinski definition) is 0. The van der Waals surface area contributed by atoms with Crippen LogP contribution in [0.25, 0.3) is 0 Å². The van der Waals surface area contributed by atoms with E-state index in [1.165, 1.54) is 11.1 Å². The Hall–Kier alpha value is -4.12. The molecule has 3 nitrogen and oxygen atoms in total. The average molecular weight is 609 g/mol. The van der Waals surface area contributed by atoms with Crippen molar-refractivity contribution in [3.05, 3.63) is 160 Å². The van der Waals surface area contributed by atoms with Gasteiger partial charge in [-0.25, -0.2) is 15.0 Å². The Balaban J connectivity index is 0.00000423. The van der Waals surface area contributed by atoms with Gasteiger partial charge in [0.05, 0.1) is 34.2 Å². The first kappa shape index (κ1) is 31.8. The van der Waals surface area contributed by atoms with Gasteiger partial charge in [-0.2, -0.15) is 0 Å². The molecule has 0 amide bonds. The third-order valence-electron chi connectivity index (χ3n) is 7.56. The fourth-order valence-electron chi connectivity index (χ4n) is 5.25. The second-order valence-electron chi connectivity index (χ2n) is 11.4. The molecular formula is C39H39CoN3. The number of aliphatic imine (C=N–C) groups is 2. The van der Waals surface area contributed by atoms with Crippen molar-refractivity contribution >= 4 is 22.8 Å². The Labute approximate surface area is 267 Å². The van der Waals surface area contributed by atoms with Crippen molar-refractivity contribution in [2.75, 3.05) is 0 Å². The molecule has 0 aliphatic rings. The summed E-state index contributed by atoms with van der Waals surface area (Å²) in [5.41, 5.74) is 12.2. The van der Waals surface area contributed by atoms with Crippen LogP contribution in [0.3, 0.4) is 0 Å². The van der Waals surface area contributed by atoms with Crippen LogP contribution in [0.4, 0.5) is 11.4 Å². The van der Waals surface area contributed by atoms with Gasteiger partial charge in [-0.1, -0.05) is 131 Å². The van der Waals surface area contributed by atoms with Crippen molar-refractivity contribution in [3.63, 3.8) is 0 Å². The van der Waals surface area contributed by atoms with E-state index in [4.69, 9.17) is 15.0 Å².